The zero-order valence-corrected chi connectivity index (χ0v) is 17.1. The predicted molar refractivity (Wildman–Crippen MR) is 110 cm³/mol. The molecule has 0 radical (unpaired) electrons. The van der Waals surface area contributed by atoms with Crippen LogP contribution in [0.1, 0.15) is 25.7 Å². The number of benzene rings is 1. The lowest BCUT2D eigenvalue weighted by Gasteiger charge is -2.27. The topological polar surface area (TPSA) is 222 Å². The van der Waals surface area contributed by atoms with Gasteiger partial charge in [-0.3, -0.25) is 34.6 Å². The summed E-state index contributed by atoms with van der Waals surface area (Å²) in [6.07, 6.45) is 0.0522. The van der Waals surface area contributed by atoms with Gasteiger partial charge in [-0.1, -0.05) is 0 Å². The Balaban J connectivity index is 2.14. The summed E-state index contributed by atoms with van der Waals surface area (Å²) in [5.41, 5.74) is -1.06. The van der Waals surface area contributed by atoms with Gasteiger partial charge in [-0.2, -0.15) is 0 Å². The number of nitrogens with zero attached hydrogens (tertiary/aromatic N) is 3. The Kier molecular flexibility index (Phi) is 8.19. The van der Waals surface area contributed by atoms with Crippen molar-refractivity contribution in [1.29, 1.82) is 0 Å². The number of nitro benzene ring substituents is 2. The van der Waals surface area contributed by atoms with Gasteiger partial charge < -0.3 is 25.7 Å². The summed E-state index contributed by atoms with van der Waals surface area (Å²) >= 11 is 0. The average molecular weight is 467 g/mol. The number of amides is 2. The van der Waals surface area contributed by atoms with Crippen LogP contribution in [0.3, 0.4) is 0 Å². The number of nitrogens with one attached hydrogen (secondary N) is 2. The van der Waals surface area contributed by atoms with Crippen molar-refractivity contribution in [3.63, 3.8) is 0 Å². The van der Waals surface area contributed by atoms with Crippen molar-refractivity contribution in [1.82, 2.24) is 10.6 Å². The largest absolute Gasteiger partial charge is 0.480 e. The smallest absolute Gasteiger partial charge is 0.326 e. The minimum Gasteiger partial charge on any atom is -0.480 e. The predicted octanol–water partition coefficient (Wildman–Crippen LogP) is 0.0222. The molecule has 2 atom stereocenters. The van der Waals surface area contributed by atoms with Gasteiger partial charge in [0.2, 0.25) is 11.8 Å². The van der Waals surface area contributed by atoms with E-state index < -0.39 is 63.6 Å². The van der Waals surface area contributed by atoms with E-state index in [1.807, 2.05) is 0 Å². The van der Waals surface area contributed by atoms with Gasteiger partial charge >= 0.3 is 11.9 Å². The zero-order chi connectivity index (χ0) is 24.7. The summed E-state index contributed by atoms with van der Waals surface area (Å²) in [5, 5.41) is 44.7. The van der Waals surface area contributed by atoms with E-state index in [1.165, 1.54) is 11.0 Å². The van der Waals surface area contributed by atoms with E-state index in [0.29, 0.717) is 6.42 Å². The fourth-order valence-electron chi connectivity index (χ4n) is 3.41. The molecule has 0 aliphatic carbocycles. The van der Waals surface area contributed by atoms with Crippen molar-refractivity contribution in [2.45, 2.75) is 37.8 Å². The van der Waals surface area contributed by atoms with Crippen molar-refractivity contribution in [2.24, 2.45) is 0 Å². The molecule has 2 rings (SSSR count). The van der Waals surface area contributed by atoms with Crippen molar-refractivity contribution >= 4 is 40.8 Å². The molecule has 1 aromatic carbocycles. The number of hydrogen-bond donors (Lipinski definition) is 4. The van der Waals surface area contributed by atoms with Gasteiger partial charge in [0, 0.05) is 19.0 Å². The Bertz CT molecular complexity index is 981. The number of nitro groups is 2. The van der Waals surface area contributed by atoms with Crippen LogP contribution in [0.15, 0.2) is 18.2 Å². The number of rotatable bonds is 11. The van der Waals surface area contributed by atoms with E-state index in [2.05, 4.69) is 10.6 Å². The van der Waals surface area contributed by atoms with Gasteiger partial charge in [-0.15, -0.1) is 0 Å². The molecule has 33 heavy (non-hydrogen) atoms. The van der Waals surface area contributed by atoms with Gasteiger partial charge in [0.25, 0.3) is 11.4 Å². The van der Waals surface area contributed by atoms with Crippen LogP contribution in [-0.2, 0) is 19.2 Å². The summed E-state index contributed by atoms with van der Waals surface area (Å²) in [4.78, 5) is 68.6. The number of carboxylic acids is 2. The summed E-state index contributed by atoms with van der Waals surface area (Å²) in [7, 11) is 0. The molecule has 4 N–H and O–H groups in total. The number of carbonyl (C=O) groups excluding carboxylic acids is 2. The van der Waals surface area contributed by atoms with Crippen LogP contribution in [-0.4, -0.2) is 69.0 Å². The maximum atomic E-state index is 12.8. The Morgan fingerprint density at radius 2 is 1.85 bits per heavy atom. The van der Waals surface area contributed by atoms with E-state index in [0.717, 1.165) is 12.1 Å². The van der Waals surface area contributed by atoms with Crippen LogP contribution in [0, 0.1) is 20.2 Å². The first-order valence-corrected chi connectivity index (χ1v) is 9.72. The highest BCUT2D eigenvalue weighted by Gasteiger charge is 2.36. The van der Waals surface area contributed by atoms with Crippen molar-refractivity contribution in [3.8, 4) is 0 Å². The van der Waals surface area contributed by atoms with Gasteiger partial charge in [0.15, 0.2) is 0 Å². The van der Waals surface area contributed by atoms with E-state index in [1.54, 1.807) is 0 Å². The fourth-order valence-corrected chi connectivity index (χ4v) is 3.41. The van der Waals surface area contributed by atoms with Crippen molar-refractivity contribution in [3.05, 3.63) is 38.4 Å². The van der Waals surface area contributed by atoms with Crippen LogP contribution in [0.25, 0.3) is 0 Å². The highest BCUT2D eigenvalue weighted by atomic mass is 16.6. The molecule has 1 fully saturated rings. The van der Waals surface area contributed by atoms with E-state index in [4.69, 9.17) is 5.11 Å². The van der Waals surface area contributed by atoms with Gasteiger partial charge in [0.05, 0.1) is 15.9 Å². The second-order valence-electron chi connectivity index (χ2n) is 7.15. The van der Waals surface area contributed by atoms with Crippen LogP contribution >= 0.6 is 0 Å². The lowest BCUT2D eigenvalue weighted by molar-refractivity contribution is -0.393. The second kappa shape index (κ2) is 10.8. The first-order valence-electron chi connectivity index (χ1n) is 9.72. The van der Waals surface area contributed by atoms with Gasteiger partial charge in [-0.05, 0) is 25.3 Å². The molecule has 1 aromatic rings. The molecule has 0 spiro atoms. The van der Waals surface area contributed by atoms with Crippen molar-refractivity contribution < 1.29 is 39.2 Å². The summed E-state index contributed by atoms with van der Waals surface area (Å²) in [5.74, 6) is -4.13. The van der Waals surface area contributed by atoms with Crippen LogP contribution in [0.5, 0.6) is 0 Å². The fraction of sp³-hybridized carbons (Fsp3) is 0.444. The zero-order valence-electron chi connectivity index (χ0n) is 17.1. The van der Waals surface area contributed by atoms with E-state index >= 15 is 0 Å². The molecular formula is C18H21N5O10. The molecule has 1 aliphatic heterocycles. The van der Waals surface area contributed by atoms with Crippen LogP contribution in [0.2, 0.25) is 0 Å². The Labute approximate surface area is 185 Å². The SMILES string of the molecule is O=C(O)CNC(=O)CC[C@H](NC(=O)[C@H]1CCCN1c1ccc([N+](=O)[O-])cc1[N+](=O)[O-])C(=O)O. The molecule has 15 heteroatoms. The first-order chi connectivity index (χ1) is 15.5. The third-order valence-electron chi connectivity index (χ3n) is 4.94. The molecular weight excluding hydrogens is 446 g/mol. The molecule has 0 aromatic heterocycles. The van der Waals surface area contributed by atoms with Crippen LogP contribution < -0.4 is 15.5 Å². The summed E-state index contributed by atoms with van der Waals surface area (Å²) < 4.78 is 0. The monoisotopic (exact) mass is 467 g/mol. The minimum absolute atomic E-state index is 0.0110. The Morgan fingerprint density at radius 1 is 1.15 bits per heavy atom. The van der Waals surface area contributed by atoms with Gasteiger partial charge in [-0.25, -0.2) is 4.79 Å². The molecule has 0 saturated carbocycles. The second-order valence-corrected chi connectivity index (χ2v) is 7.15. The lowest BCUT2D eigenvalue weighted by atomic mass is 10.1. The van der Waals surface area contributed by atoms with Crippen molar-refractivity contribution in [2.75, 3.05) is 18.0 Å². The molecule has 178 valence electrons. The number of non-ortho nitro benzene ring substituents is 1. The van der Waals surface area contributed by atoms with Gasteiger partial charge in [0.1, 0.15) is 24.3 Å². The number of carboxylic acid groups (broad SMARTS) is 2. The van der Waals surface area contributed by atoms with E-state index in [9.17, 15) is 44.5 Å². The quantitative estimate of drug-likeness (QED) is 0.251. The Hall–Kier alpha value is -4.30. The highest BCUT2D eigenvalue weighted by Crippen LogP contribution is 2.36. The number of anilines is 1. The molecule has 1 aliphatic rings. The normalized spacial score (nSPS) is 16.0. The standard InChI is InChI=1S/C18H21N5O10/c24-15(19-9-16(25)26)6-4-11(18(28)29)20-17(27)13-2-1-7-21(13)12-5-3-10(22(30)31)8-14(12)23(32)33/h3,5,8,11,13H,1-2,4,6-7,9H2,(H,19,24)(H,20,27)(H,25,26)(H,28,29)/t11-,13+/m0/s1. The first kappa shape index (κ1) is 25.0. The molecule has 0 bridgehead atoms. The third kappa shape index (κ3) is 6.59. The molecule has 1 heterocycles. The lowest BCUT2D eigenvalue weighted by Crippen LogP contribution is -2.50. The Morgan fingerprint density at radius 3 is 2.42 bits per heavy atom. The molecule has 2 amide bonds. The average Bonchev–Trinajstić information content (AvgIpc) is 3.24. The minimum atomic E-state index is -1.46. The van der Waals surface area contributed by atoms with E-state index in [-0.39, 0.29) is 31.5 Å². The molecule has 15 nitrogen and oxygen atoms in total. The highest BCUT2D eigenvalue weighted by molar-refractivity contribution is 5.91. The molecule has 0 unspecified atom stereocenters. The summed E-state index contributed by atoms with van der Waals surface area (Å²) in [6.45, 7) is -0.403. The number of carbonyl (C=O) groups is 4. The summed E-state index contributed by atoms with van der Waals surface area (Å²) in [6, 6.07) is 0.614. The molecule has 1 saturated heterocycles. The number of aliphatic carboxylic acids is 2. The maximum Gasteiger partial charge on any atom is 0.326 e. The maximum absolute atomic E-state index is 12.8. The van der Waals surface area contributed by atoms with Crippen LogP contribution in [0.4, 0.5) is 17.1 Å². The third-order valence-corrected chi connectivity index (χ3v) is 4.94. The number of hydrogen-bond acceptors (Lipinski definition) is 9.